The summed E-state index contributed by atoms with van der Waals surface area (Å²) in [7, 11) is 2.21. The molecule has 1 aromatic heterocycles. The topological polar surface area (TPSA) is 37.2 Å². The van der Waals surface area contributed by atoms with Crippen LogP contribution in [-0.2, 0) is 19.6 Å². The third kappa shape index (κ3) is 4.18. The highest BCUT2D eigenvalue weighted by Gasteiger charge is 2.23. The summed E-state index contributed by atoms with van der Waals surface area (Å²) < 4.78 is 2.13. The van der Waals surface area contributed by atoms with Crippen molar-refractivity contribution in [3.05, 3.63) is 48.0 Å². The van der Waals surface area contributed by atoms with Crippen molar-refractivity contribution in [3.8, 4) is 0 Å². The molecule has 124 valence electrons. The van der Waals surface area contributed by atoms with Crippen molar-refractivity contribution in [2.24, 2.45) is 0 Å². The summed E-state index contributed by atoms with van der Waals surface area (Å²) in [5, 5.41) is 8.28. The second-order valence-corrected chi connectivity index (χ2v) is 6.44. The van der Waals surface area contributed by atoms with E-state index in [0.717, 1.165) is 25.5 Å². The number of nitrogens with zero attached hydrogens (tertiary/aromatic N) is 5. The molecule has 0 spiro atoms. The molecule has 0 atom stereocenters. The van der Waals surface area contributed by atoms with Gasteiger partial charge in [0.2, 0.25) is 0 Å². The predicted molar refractivity (Wildman–Crippen MR) is 91.9 cm³/mol. The van der Waals surface area contributed by atoms with Gasteiger partial charge in [-0.2, -0.15) is 0 Å². The third-order valence-corrected chi connectivity index (χ3v) is 4.86. The van der Waals surface area contributed by atoms with E-state index in [9.17, 15) is 0 Å². The van der Waals surface area contributed by atoms with E-state index in [2.05, 4.69) is 68.9 Å². The fourth-order valence-electron chi connectivity index (χ4n) is 3.38. The summed E-state index contributed by atoms with van der Waals surface area (Å²) in [6.45, 7) is 7.37. The summed E-state index contributed by atoms with van der Waals surface area (Å²) in [6.07, 6.45) is 4.28. The maximum Gasteiger partial charge on any atom is 0.146 e. The van der Waals surface area contributed by atoms with Gasteiger partial charge in [-0.05, 0) is 45.5 Å². The minimum Gasteiger partial charge on any atom is -0.317 e. The number of piperidine rings is 1. The first-order valence-corrected chi connectivity index (χ1v) is 8.59. The molecule has 0 N–H and O–H groups in total. The Morgan fingerprint density at radius 1 is 1.17 bits per heavy atom. The van der Waals surface area contributed by atoms with Gasteiger partial charge in [-0.15, -0.1) is 10.2 Å². The smallest absolute Gasteiger partial charge is 0.146 e. The lowest BCUT2D eigenvalue weighted by atomic mass is 10.0. The van der Waals surface area contributed by atoms with Crippen molar-refractivity contribution in [3.63, 3.8) is 0 Å². The van der Waals surface area contributed by atoms with E-state index in [1.807, 2.05) is 6.33 Å². The first-order valence-electron chi connectivity index (χ1n) is 8.59. The fraction of sp³-hybridized carbons (Fsp3) is 0.556. The highest BCUT2D eigenvalue weighted by atomic mass is 15.3. The van der Waals surface area contributed by atoms with Gasteiger partial charge in [0.25, 0.3) is 0 Å². The molecule has 1 aliphatic rings. The molecule has 3 rings (SSSR count). The van der Waals surface area contributed by atoms with E-state index in [4.69, 9.17) is 0 Å². The summed E-state index contributed by atoms with van der Waals surface area (Å²) in [4.78, 5) is 5.00. The number of hydrogen-bond acceptors (Lipinski definition) is 4. The standard InChI is InChI=1S/C18H27N5/c1-3-23-15-19-20-18(23)14-21(2)17-9-11-22(12-10-17)13-16-7-5-4-6-8-16/h4-8,15,17H,3,9-14H2,1-2H3. The molecule has 0 amide bonds. The average molecular weight is 313 g/mol. The van der Waals surface area contributed by atoms with Gasteiger partial charge in [-0.25, -0.2) is 0 Å². The Labute approximate surface area is 138 Å². The summed E-state index contributed by atoms with van der Waals surface area (Å²) in [5.41, 5.74) is 1.41. The van der Waals surface area contributed by atoms with Crippen LogP contribution in [0.2, 0.25) is 0 Å². The zero-order valence-electron chi connectivity index (χ0n) is 14.2. The molecule has 23 heavy (non-hydrogen) atoms. The first-order chi connectivity index (χ1) is 11.3. The van der Waals surface area contributed by atoms with E-state index in [1.165, 1.54) is 31.5 Å². The molecule has 1 aliphatic heterocycles. The molecule has 5 nitrogen and oxygen atoms in total. The lowest BCUT2D eigenvalue weighted by Gasteiger charge is -2.36. The molecule has 0 bridgehead atoms. The normalized spacial score (nSPS) is 17.0. The van der Waals surface area contributed by atoms with Crippen LogP contribution in [0, 0.1) is 0 Å². The number of benzene rings is 1. The van der Waals surface area contributed by atoms with Gasteiger partial charge >= 0.3 is 0 Å². The second kappa shape index (κ2) is 7.70. The zero-order chi connectivity index (χ0) is 16.1. The molecule has 0 unspecified atom stereocenters. The van der Waals surface area contributed by atoms with Crippen molar-refractivity contribution < 1.29 is 0 Å². The third-order valence-electron chi connectivity index (χ3n) is 4.86. The van der Waals surface area contributed by atoms with Gasteiger partial charge in [0.1, 0.15) is 12.2 Å². The summed E-state index contributed by atoms with van der Waals surface area (Å²) >= 11 is 0. The van der Waals surface area contributed by atoms with Crippen molar-refractivity contribution >= 4 is 0 Å². The predicted octanol–water partition coefficient (Wildman–Crippen LogP) is 2.39. The maximum absolute atomic E-state index is 4.25. The van der Waals surface area contributed by atoms with E-state index < -0.39 is 0 Å². The SMILES string of the molecule is CCn1cnnc1CN(C)C1CCN(Cc2ccccc2)CC1. The molecule has 2 heterocycles. The minimum absolute atomic E-state index is 0.643. The maximum atomic E-state index is 4.25. The number of aromatic nitrogens is 3. The second-order valence-electron chi connectivity index (χ2n) is 6.44. The molecule has 0 saturated carbocycles. The Morgan fingerprint density at radius 2 is 1.91 bits per heavy atom. The monoisotopic (exact) mass is 313 g/mol. The van der Waals surface area contributed by atoms with Gasteiger partial charge in [0.15, 0.2) is 0 Å². The van der Waals surface area contributed by atoms with Gasteiger partial charge in [-0.3, -0.25) is 9.80 Å². The Bertz CT molecular complexity index is 586. The Morgan fingerprint density at radius 3 is 2.61 bits per heavy atom. The van der Waals surface area contributed by atoms with Crippen molar-refractivity contribution in [2.75, 3.05) is 20.1 Å². The Kier molecular flexibility index (Phi) is 5.41. The lowest BCUT2D eigenvalue weighted by Crippen LogP contribution is -2.43. The van der Waals surface area contributed by atoms with Gasteiger partial charge < -0.3 is 4.57 Å². The number of aryl methyl sites for hydroxylation is 1. The van der Waals surface area contributed by atoms with Gasteiger partial charge in [0, 0.05) is 19.1 Å². The van der Waals surface area contributed by atoms with Crippen LogP contribution in [0.5, 0.6) is 0 Å². The van der Waals surface area contributed by atoms with Gasteiger partial charge in [-0.1, -0.05) is 30.3 Å². The zero-order valence-corrected chi connectivity index (χ0v) is 14.2. The van der Waals surface area contributed by atoms with E-state index >= 15 is 0 Å². The molecular weight excluding hydrogens is 286 g/mol. The average Bonchev–Trinajstić information content (AvgIpc) is 3.03. The number of rotatable bonds is 6. The van der Waals surface area contributed by atoms with Crippen LogP contribution in [0.1, 0.15) is 31.2 Å². The molecular formula is C18H27N5. The van der Waals surface area contributed by atoms with Crippen molar-refractivity contribution in [1.82, 2.24) is 24.6 Å². The molecule has 0 radical (unpaired) electrons. The highest BCUT2D eigenvalue weighted by Crippen LogP contribution is 2.18. The van der Waals surface area contributed by atoms with Crippen LogP contribution in [0.4, 0.5) is 0 Å². The highest BCUT2D eigenvalue weighted by molar-refractivity contribution is 5.14. The minimum atomic E-state index is 0.643. The molecule has 1 saturated heterocycles. The largest absolute Gasteiger partial charge is 0.317 e. The van der Waals surface area contributed by atoms with Crippen LogP contribution in [0.15, 0.2) is 36.7 Å². The van der Waals surface area contributed by atoms with Crippen LogP contribution >= 0.6 is 0 Å². The van der Waals surface area contributed by atoms with Crippen LogP contribution in [0.3, 0.4) is 0 Å². The number of likely N-dealkylation sites (tertiary alicyclic amines) is 1. The van der Waals surface area contributed by atoms with Crippen molar-refractivity contribution in [1.29, 1.82) is 0 Å². The molecule has 1 aromatic carbocycles. The first kappa shape index (κ1) is 16.1. The molecule has 5 heteroatoms. The number of hydrogen-bond donors (Lipinski definition) is 0. The molecule has 0 aliphatic carbocycles. The van der Waals surface area contributed by atoms with E-state index in [0.29, 0.717) is 6.04 Å². The summed E-state index contributed by atoms with van der Waals surface area (Å²) in [5.74, 6) is 1.07. The van der Waals surface area contributed by atoms with Crippen LogP contribution < -0.4 is 0 Å². The van der Waals surface area contributed by atoms with E-state index in [-0.39, 0.29) is 0 Å². The van der Waals surface area contributed by atoms with E-state index in [1.54, 1.807) is 0 Å². The fourth-order valence-corrected chi connectivity index (χ4v) is 3.38. The summed E-state index contributed by atoms with van der Waals surface area (Å²) in [6, 6.07) is 11.4. The van der Waals surface area contributed by atoms with Crippen molar-refractivity contribution in [2.45, 2.75) is 45.4 Å². The molecule has 1 fully saturated rings. The van der Waals surface area contributed by atoms with Crippen LogP contribution in [-0.4, -0.2) is 50.7 Å². The Hall–Kier alpha value is -1.72. The lowest BCUT2D eigenvalue weighted by molar-refractivity contribution is 0.116. The Balaban J connectivity index is 1.48. The van der Waals surface area contributed by atoms with Gasteiger partial charge in [0.05, 0.1) is 6.54 Å². The molecule has 2 aromatic rings. The quantitative estimate of drug-likeness (QED) is 0.821. The van der Waals surface area contributed by atoms with Crippen LogP contribution in [0.25, 0.3) is 0 Å².